The van der Waals surface area contributed by atoms with Gasteiger partial charge in [0, 0.05) is 17.3 Å². The van der Waals surface area contributed by atoms with Crippen LogP contribution in [0.5, 0.6) is 5.75 Å². The van der Waals surface area contributed by atoms with Crippen LogP contribution in [0.4, 0.5) is 10.8 Å². The van der Waals surface area contributed by atoms with Crippen molar-refractivity contribution in [2.75, 3.05) is 5.32 Å². The molecule has 0 fully saturated rings. The van der Waals surface area contributed by atoms with Crippen molar-refractivity contribution in [3.05, 3.63) is 106 Å². The fourth-order valence-corrected chi connectivity index (χ4v) is 4.77. The number of hydrogen-bond acceptors (Lipinski definition) is 7. The molecular weight excluding hydrogens is 544 g/mol. The topological polar surface area (TPSA) is 182 Å². The van der Waals surface area contributed by atoms with Crippen molar-refractivity contribution in [3.63, 3.8) is 0 Å². The highest BCUT2D eigenvalue weighted by molar-refractivity contribution is 7.17. The summed E-state index contributed by atoms with van der Waals surface area (Å²) in [6.45, 7) is 1.88. The van der Waals surface area contributed by atoms with Gasteiger partial charge in [-0.25, -0.2) is 4.98 Å². The molecule has 1 aromatic heterocycles. The Morgan fingerprint density at radius 1 is 1.00 bits per heavy atom. The molecule has 1 atom stereocenters. The maximum absolute atomic E-state index is 13.4. The number of aryl methyl sites for hydroxylation is 1. The van der Waals surface area contributed by atoms with E-state index in [0.29, 0.717) is 17.0 Å². The average molecular weight is 573 g/mol. The molecule has 0 saturated heterocycles. The molecule has 0 radical (unpaired) electrons. The van der Waals surface area contributed by atoms with Gasteiger partial charge >= 0.3 is 5.97 Å². The number of carboxylic acids is 1. The fourth-order valence-electron chi connectivity index (χ4n) is 3.92. The number of benzene rings is 3. The van der Waals surface area contributed by atoms with Gasteiger partial charge in [0.25, 0.3) is 11.8 Å². The number of amides is 2. The molecule has 0 aliphatic rings. The minimum atomic E-state index is -1.06. The first-order valence-corrected chi connectivity index (χ1v) is 13.3. The number of nitrogens with zero attached hydrogens (tertiary/aromatic N) is 2. The lowest BCUT2D eigenvalue weighted by Gasteiger charge is -2.18. The van der Waals surface area contributed by atoms with Crippen LogP contribution in [0.2, 0.25) is 0 Å². The van der Waals surface area contributed by atoms with Crippen LogP contribution >= 0.6 is 11.3 Å². The summed E-state index contributed by atoms with van der Waals surface area (Å²) >= 11 is 1.01. The largest absolute Gasteiger partial charge is 0.489 e. The third-order valence-electron chi connectivity index (χ3n) is 5.78. The van der Waals surface area contributed by atoms with Crippen LogP contribution in [0.25, 0.3) is 0 Å². The van der Waals surface area contributed by atoms with Gasteiger partial charge in [-0.3, -0.25) is 14.4 Å². The first-order chi connectivity index (χ1) is 19.7. The van der Waals surface area contributed by atoms with E-state index in [1.165, 1.54) is 12.1 Å². The first-order valence-electron chi connectivity index (χ1n) is 12.5. The Morgan fingerprint density at radius 2 is 1.68 bits per heavy atom. The third kappa shape index (κ3) is 8.13. The zero-order chi connectivity index (χ0) is 29.4. The Kier molecular flexibility index (Phi) is 9.28. The molecule has 0 aliphatic carbocycles. The normalized spacial score (nSPS) is 11.2. The number of aromatic nitrogens is 1. The van der Waals surface area contributed by atoms with Gasteiger partial charge in [-0.15, -0.1) is 0 Å². The molecule has 0 unspecified atom stereocenters. The second-order valence-electron chi connectivity index (χ2n) is 8.96. The highest BCUT2D eigenvalue weighted by Gasteiger charge is 2.21. The molecule has 11 nitrogen and oxygen atoms in total. The van der Waals surface area contributed by atoms with Crippen LogP contribution in [-0.4, -0.2) is 33.8 Å². The number of thiazole rings is 1. The summed E-state index contributed by atoms with van der Waals surface area (Å²) in [5.74, 6) is -1.93. The van der Waals surface area contributed by atoms with Gasteiger partial charge in [0.1, 0.15) is 17.2 Å². The molecule has 2 amide bonds. The molecule has 1 heterocycles. The molecule has 0 aliphatic heterocycles. The predicted molar refractivity (Wildman–Crippen MR) is 156 cm³/mol. The summed E-state index contributed by atoms with van der Waals surface area (Å²) in [4.78, 5) is 46.4. The van der Waals surface area contributed by atoms with Gasteiger partial charge in [-0.2, -0.15) is 4.99 Å². The van der Waals surface area contributed by atoms with E-state index >= 15 is 0 Å². The van der Waals surface area contributed by atoms with E-state index in [0.717, 1.165) is 16.9 Å². The van der Waals surface area contributed by atoms with E-state index in [1.54, 1.807) is 43.3 Å². The van der Waals surface area contributed by atoms with Gasteiger partial charge in [-0.05, 0) is 30.2 Å². The molecule has 0 spiro atoms. The van der Waals surface area contributed by atoms with Crippen molar-refractivity contribution in [2.45, 2.75) is 26.0 Å². The number of carboxylic acid groups (broad SMARTS) is 1. The van der Waals surface area contributed by atoms with Gasteiger partial charge in [0.05, 0.1) is 18.2 Å². The number of carbonyl (C=O) groups excluding carboxylic acids is 2. The molecule has 0 bridgehead atoms. The zero-order valence-electron chi connectivity index (χ0n) is 22.0. The minimum absolute atomic E-state index is 0.166. The van der Waals surface area contributed by atoms with Crippen LogP contribution in [0, 0.1) is 6.92 Å². The van der Waals surface area contributed by atoms with Crippen LogP contribution in [0.1, 0.15) is 49.3 Å². The van der Waals surface area contributed by atoms with Crippen LogP contribution in [-0.2, 0) is 11.4 Å². The van der Waals surface area contributed by atoms with Gasteiger partial charge < -0.3 is 31.9 Å². The Labute approximate surface area is 239 Å². The number of carbonyl (C=O) groups is 3. The lowest BCUT2D eigenvalue weighted by atomic mass is 10.0. The molecule has 3 aromatic carbocycles. The van der Waals surface area contributed by atoms with Crippen LogP contribution in [0.3, 0.4) is 0 Å². The third-order valence-corrected chi connectivity index (χ3v) is 6.83. The molecule has 12 heteroatoms. The second kappa shape index (κ2) is 13.2. The Balaban J connectivity index is 1.62. The van der Waals surface area contributed by atoms with Crippen LogP contribution < -0.4 is 26.8 Å². The Bertz CT molecular complexity index is 1570. The molecule has 41 heavy (non-hydrogen) atoms. The summed E-state index contributed by atoms with van der Waals surface area (Å²) < 4.78 is 5.96. The van der Waals surface area contributed by atoms with Crippen LogP contribution in [0.15, 0.2) is 83.9 Å². The monoisotopic (exact) mass is 572 g/mol. The zero-order valence-corrected chi connectivity index (χ0v) is 22.9. The second-order valence-corrected chi connectivity index (χ2v) is 9.93. The Morgan fingerprint density at radius 3 is 2.34 bits per heavy atom. The summed E-state index contributed by atoms with van der Waals surface area (Å²) in [7, 11) is 0. The molecule has 210 valence electrons. The van der Waals surface area contributed by atoms with E-state index < -0.39 is 23.8 Å². The fraction of sp³-hybridized carbons (Fsp3) is 0.138. The molecule has 7 N–H and O–H groups in total. The number of anilines is 1. The number of rotatable bonds is 11. The van der Waals surface area contributed by atoms with Crippen molar-refractivity contribution in [1.29, 1.82) is 0 Å². The maximum Gasteiger partial charge on any atom is 0.305 e. The first kappa shape index (κ1) is 28.8. The van der Waals surface area contributed by atoms with E-state index in [4.69, 9.17) is 16.2 Å². The summed E-state index contributed by atoms with van der Waals surface area (Å²) in [5, 5.41) is 15.2. The SMILES string of the molecule is Cc1nc(N=C(N)N)sc1C(=O)Nc1cc(OCc2ccccc2)cc(C(=O)N[C@@H](CC(=O)O)c2ccccc2)c1. The predicted octanol–water partition coefficient (Wildman–Crippen LogP) is 4.13. The number of hydrogen-bond donors (Lipinski definition) is 5. The van der Waals surface area contributed by atoms with Crippen molar-refractivity contribution in [3.8, 4) is 5.75 Å². The van der Waals surface area contributed by atoms with Crippen molar-refractivity contribution in [2.24, 2.45) is 16.5 Å². The number of aliphatic carboxylic acids is 1. The number of nitrogens with one attached hydrogen (secondary N) is 2. The maximum atomic E-state index is 13.4. The summed E-state index contributed by atoms with van der Waals surface area (Å²) in [6, 6.07) is 22.1. The van der Waals surface area contributed by atoms with E-state index in [1.807, 2.05) is 30.3 Å². The quantitative estimate of drug-likeness (QED) is 0.131. The number of aliphatic imine (C=N–C) groups is 1. The number of guanidine groups is 1. The smallest absolute Gasteiger partial charge is 0.305 e. The van der Waals surface area contributed by atoms with Crippen molar-refractivity contribution >= 4 is 45.9 Å². The van der Waals surface area contributed by atoms with Gasteiger partial charge in [0.2, 0.25) is 5.13 Å². The lowest BCUT2D eigenvalue weighted by Crippen LogP contribution is -2.30. The van der Waals surface area contributed by atoms with E-state index in [2.05, 4.69) is 20.6 Å². The summed E-state index contributed by atoms with van der Waals surface area (Å²) in [5.41, 5.74) is 13.3. The standard InChI is InChI=1S/C29H28N6O5S/c1-17-25(41-29(32-17)35-28(30)31)27(39)33-21-12-20(13-22(14-21)40-16-18-8-4-2-5-9-18)26(38)34-23(15-24(36)37)19-10-6-3-7-11-19/h2-14,23H,15-16H2,1H3,(H,33,39)(H,34,38)(H,36,37)(H4,30,31,32,35)/t23-/m0/s1. The van der Waals surface area contributed by atoms with E-state index in [9.17, 15) is 19.5 Å². The molecule has 0 saturated carbocycles. The Hall–Kier alpha value is -5.23. The van der Waals surface area contributed by atoms with Gasteiger partial charge in [-0.1, -0.05) is 72.0 Å². The summed E-state index contributed by atoms with van der Waals surface area (Å²) in [6.07, 6.45) is -0.313. The van der Waals surface area contributed by atoms with E-state index in [-0.39, 0.29) is 40.2 Å². The molecular formula is C29H28N6O5S. The van der Waals surface area contributed by atoms with Crippen molar-refractivity contribution < 1.29 is 24.2 Å². The average Bonchev–Trinajstić information content (AvgIpc) is 3.31. The molecule has 4 rings (SSSR count). The lowest BCUT2D eigenvalue weighted by molar-refractivity contribution is -0.137. The van der Waals surface area contributed by atoms with Gasteiger partial charge in [0.15, 0.2) is 5.96 Å². The highest BCUT2D eigenvalue weighted by atomic mass is 32.1. The number of ether oxygens (including phenoxy) is 1. The highest BCUT2D eigenvalue weighted by Crippen LogP contribution is 2.28. The number of nitrogens with two attached hydrogens (primary N) is 2. The minimum Gasteiger partial charge on any atom is -0.489 e. The molecule has 4 aromatic rings. The van der Waals surface area contributed by atoms with Crippen molar-refractivity contribution in [1.82, 2.24) is 10.3 Å².